The van der Waals surface area contributed by atoms with Gasteiger partial charge in [0.1, 0.15) is 5.54 Å². The van der Waals surface area contributed by atoms with Gasteiger partial charge in [0.05, 0.1) is 10.6 Å². The fraction of sp³-hybridized carbons (Fsp3) is 0.429. The molecular weight excluding hydrogens is 308 g/mol. The Kier molecular flexibility index (Phi) is 3.52. The monoisotopic (exact) mass is 322 g/mol. The zero-order valence-electron chi connectivity index (χ0n) is 12.0. The predicted octanol–water partition coefficient (Wildman–Crippen LogP) is 0.891. The van der Waals surface area contributed by atoms with Gasteiger partial charge < -0.3 is 10.2 Å². The molecule has 0 aromatic carbocycles. The van der Waals surface area contributed by atoms with Gasteiger partial charge in [-0.1, -0.05) is 11.6 Å². The smallest absolute Gasteiger partial charge is 0.324 e. The number of hydrogen-bond acceptors (Lipinski definition) is 4. The van der Waals surface area contributed by atoms with Crippen LogP contribution in [-0.2, 0) is 4.79 Å². The molecule has 0 aliphatic carbocycles. The summed E-state index contributed by atoms with van der Waals surface area (Å²) in [7, 11) is 1.46. The van der Waals surface area contributed by atoms with Gasteiger partial charge in [0.2, 0.25) is 0 Å². The van der Waals surface area contributed by atoms with Crippen LogP contribution in [0.5, 0.6) is 0 Å². The second kappa shape index (κ2) is 5.24. The molecule has 1 aromatic rings. The lowest BCUT2D eigenvalue weighted by Crippen LogP contribution is -2.55. The fourth-order valence-electron chi connectivity index (χ4n) is 2.90. The highest BCUT2D eigenvalue weighted by atomic mass is 35.5. The molecule has 0 bridgehead atoms. The van der Waals surface area contributed by atoms with Crippen LogP contribution in [-0.4, -0.2) is 58.3 Å². The maximum Gasteiger partial charge on any atom is 0.324 e. The van der Waals surface area contributed by atoms with Crippen molar-refractivity contribution in [3.63, 3.8) is 0 Å². The average Bonchev–Trinajstić information content (AvgIpc) is 2.72. The number of amides is 4. The Morgan fingerprint density at radius 3 is 2.55 bits per heavy atom. The Morgan fingerprint density at radius 2 is 2.00 bits per heavy atom. The summed E-state index contributed by atoms with van der Waals surface area (Å²) in [6.45, 7) is 0.788. The number of hydrogen-bond donors (Lipinski definition) is 1. The molecule has 2 aliphatic rings. The third kappa shape index (κ3) is 2.31. The molecule has 2 fully saturated rings. The first-order chi connectivity index (χ1) is 10.4. The van der Waals surface area contributed by atoms with Crippen LogP contribution in [0.4, 0.5) is 4.79 Å². The lowest BCUT2D eigenvalue weighted by Gasteiger charge is -2.37. The lowest BCUT2D eigenvalue weighted by atomic mass is 9.87. The first-order valence-electron chi connectivity index (χ1n) is 6.93. The first-order valence-corrected chi connectivity index (χ1v) is 7.31. The summed E-state index contributed by atoms with van der Waals surface area (Å²) in [5.41, 5.74) is -0.447. The third-order valence-corrected chi connectivity index (χ3v) is 4.43. The number of urea groups is 1. The molecule has 0 atom stereocenters. The van der Waals surface area contributed by atoms with E-state index in [0.717, 1.165) is 4.90 Å². The molecule has 116 valence electrons. The van der Waals surface area contributed by atoms with E-state index in [1.54, 1.807) is 11.0 Å². The summed E-state index contributed by atoms with van der Waals surface area (Å²) in [6, 6.07) is 1.18. The summed E-state index contributed by atoms with van der Waals surface area (Å²) in [5.74, 6) is -0.399. The summed E-state index contributed by atoms with van der Waals surface area (Å²) in [4.78, 5) is 42.9. The summed E-state index contributed by atoms with van der Waals surface area (Å²) < 4.78 is 0. The molecule has 22 heavy (non-hydrogen) atoms. The minimum atomic E-state index is -0.866. The second-order valence-corrected chi connectivity index (χ2v) is 6.00. The number of carbonyl (C=O) groups is 3. The maximum absolute atomic E-state index is 12.4. The van der Waals surface area contributed by atoms with Gasteiger partial charge >= 0.3 is 6.03 Å². The number of likely N-dealkylation sites (N-methyl/N-ethyl adjacent to an activating group) is 1. The summed E-state index contributed by atoms with van der Waals surface area (Å²) >= 11 is 5.85. The van der Waals surface area contributed by atoms with E-state index < -0.39 is 5.54 Å². The molecule has 7 nitrogen and oxygen atoms in total. The van der Waals surface area contributed by atoms with Gasteiger partial charge in [0.25, 0.3) is 11.8 Å². The van der Waals surface area contributed by atoms with Crippen molar-refractivity contribution in [3.05, 3.63) is 29.0 Å². The number of piperidine rings is 1. The molecule has 3 heterocycles. The Balaban J connectivity index is 1.71. The number of pyridine rings is 1. The van der Waals surface area contributed by atoms with Gasteiger partial charge in [0, 0.05) is 32.5 Å². The van der Waals surface area contributed by atoms with Crippen molar-refractivity contribution >= 4 is 29.4 Å². The van der Waals surface area contributed by atoms with Crippen LogP contribution < -0.4 is 5.32 Å². The van der Waals surface area contributed by atoms with Crippen molar-refractivity contribution in [2.45, 2.75) is 18.4 Å². The highest BCUT2D eigenvalue weighted by Gasteiger charge is 2.51. The van der Waals surface area contributed by atoms with Crippen LogP contribution in [0, 0.1) is 0 Å². The van der Waals surface area contributed by atoms with Gasteiger partial charge in [-0.3, -0.25) is 19.5 Å². The SMILES string of the molecule is CN1C(=O)NC2(CCN(C(=O)c3cncc(Cl)c3)CC2)C1=O. The molecular formula is C14H15ClN4O3. The number of aromatic nitrogens is 1. The quantitative estimate of drug-likeness (QED) is 0.778. The number of carbonyl (C=O) groups excluding carboxylic acids is 3. The van der Waals surface area contributed by atoms with Crippen LogP contribution in [0.15, 0.2) is 18.5 Å². The van der Waals surface area contributed by atoms with Gasteiger partial charge in [-0.2, -0.15) is 0 Å². The summed E-state index contributed by atoms with van der Waals surface area (Å²) in [6.07, 6.45) is 3.74. The highest BCUT2D eigenvalue weighted by Crippen LogP contribution is 2.29. The molecule has 2 aliphatic heterocycles. The predicted molar refractivity (Wildman–Crippen MR) is 78.4 cm³/mol. The Hall–Kier alpha value is -2.15. The number of imide groups is 1. The molecule has 0 unspecified atom stereocenters. The minimum absolute atomic E-state index is 0.171. The Morgan fingerprint density at radius 1 is 1.32 bits per heavy atom. The van der Waals surface area contributed by atoms with Crippen molar-refractivity contribution in [1.29, 1.82) is 0 Å². The lowest BCUT2D eigenvalue weighted by molar-refractivity contribution is -0.131. The maximum atomic E-state index is 12.4. The molecule has 3 rings (SSSR count). The van der Waals surface area contributed by atoms with Crippen molar-refractivity contribution in [1.82, 2.24) is 20.1 Å². The van der Waals surface area contributed by atoms with E-state index in [2.05, 4.69) is 10.3 Å². The van der Waals surface area contributed by atoms with E-state index in [1.807, 2.05) is 0 Å². The highest BCUT2D eigenvalue weighted by molar-refractivity contribution is 6.30. The van der Waals surface area contributed by atoms with E-state index in [0.29, 0.717) is 36.5 Å². The number of nitrogens with one attached hydrogen (secondary N) is 1. The molecule has 8 heteroatoms. The standard InChI is InChI=1S/C14H15ClN4O3/c1-18-12(21)14(17-13(18)22)2-4-19(5-3-14)11(20)9-6-10(15)8-16-7-9/h6-8H,2-5H2,1H3,(H,17,22). The van der Waals surface area contributed by atoms with Crippen LogP contribution in [0.25, 0.3) is 0 Å². The zero-order chi connectivity index (χ0) is 15.9. The van der Waals surface area contributed by atoms with E-state index in [4.69, 9.17) is 11.6 Å². The van der Waals surface area contributed by atoms with Gasteiger partial charge in [-0.25, -0.2) is 4.79 Å². The zero-order valence-corrected chi connectivity index (χ0v) is 12.8. The largest absolute Gasteiger partial charge is 0.338 e. The van der Waals surface area contributed by atoms with Crippen molar-refractivity contribution < 1.29 is 14.4 Å². The van der Waals surface area contributed by atoms with E-state index in [1.165, 1.54) is 19.4 Å². The van der Waals surface area contributed by atoms with E-state index >= 15 is 0 Å². The van der Waals surface area contributed by atoms with Crippen molar-refractivity contribution in [2.24, 2.45) is 0 Å². The molecule has 2 saturated heterocycles. The van der Waals surface area contributed by atoms with Crippen LogP contribution >= 0.6 is 11.6 Å². The molecule has 1 N–H and O–H groups in total. The Labute approximate surface area is 132 Å². The van der Waals surface area contributed by atoms with Crippen LogP contribution in [0.3, 0.4) is 0 Å². The average molecular weight is 323 g/mol. The third-order valence-electron chi connectivity index (χ3n) is 4.22. The second-order valence-electron chi connectivity index (χ2n) is 5.56. The van der Waals surface area contributed by atoms with E-state index in [9.17, 15) is 14.4 Å². The van der Waals surface area contributed by atoms with Crippen LogP contribution in [0.1, 0.15) is 23.2 Å². The van der Waals surface area contributed by atoms with Crippen molar-refractivity contribution in [3.8, 4) is 0 Å². The van der Waals surface area contributed by atoms with Crippen molar-refractivity contribution in [2.75, 3.05) is 20.1 Å². The normalized spacial score (nSPS) is 20.5. The van der Waals surface area contributed by atoms with Crippen LogP contribution in [0.2, 0.25) is 5.02 Å². The fourth-order valence-corrected chi connectivity index (χ4v) is 3.07. The summed E-state index contributed by atoms with van der Waals surface area (Å²) in [5, 5.41) is 3.15. The van der Waals surface area contributed by atoms with E-state index in [-0.39, 0.29) is 17.8 Å². The topological polar surface area (TPSA) is 82.6 Å². The number of halogens is 1. The molecule has 0 saturated carbocycles. The molecule has 0 radical (unpaired) electrons. The van der Waals surface area contributed by atoms with Gasteiger partial charge in [-0.05, 0) is 18.9 Å². The molecule has 1 aromatic heterocycles. The first kappa shape index (κ1) is 14.8. The van der Waals surface area contributed by atoms with Gasteiger partial charge in [-0.15, -0.1) is 0 Å². The molecule has 1 spiro atoms. The van der Waals surface area contributed by atoms with Gasteiger partial charge in [0.15, 0.2) is 0 Å². The Bertz CT molecular complexity index is 655. The minimum Gasteiger partial charge on any atom is -0.338 e. The number of rotatable bonds is 1. The number of likely N-dealkylation sites (tertiary alicyclic amines) is 1. The molecule has 4 amide bonds. The number of nitrogens with zero attached hydrogens (tertiary/aromatic N) is 3.